The minimum Gasteiger partial charge on any atom is -0.486 e. The second-order valence-corrected chi connectivity index (χ2v) is 7.45. The van der Waals surface area contributed by atoms with Gasteiger partial charge in [0.25, 0.3) is 11.8 Å². The fourth-order valence-corrected chi connectivity index (χ4v) is 3.13. The number of benzene rings is 2. The van der Waals surface area contributed by atoms with E-state index in [4.69, 9.17) is 4.74 Å². The number of amides is 2. The molecule has 1 aromatic heterocycles. The number of ether oxygens (including phenoxy) is 1. The normalized spacial score (nSPS) is 10.5. The minimum atomic E-state index is -0.427. The van der Waals surface area contributed by atoms with Crippen molar-refractivity contribution < 1.29 is 18.7 Å². The van der Waals surface area contributed by atoms with Gasteiger partial charge in [-0.2, -0.15) is 0 Å². The van der Waals surface area contributed by atoms with Crippen molar-refractivity contribution in [3.05, 3.63) is 69.9 Å². The van der Waals surface area contributed by atoms with Crippen LogP contribution in [-0.2, 0) is 6.61 Å². The zero-order chi connectivity index (χ0) is 21.3. The van der Waals surface area contributed by atoms with Gasteiger partial charge in [-0.3, -0.25) is 9.59 Å². The summed E-state index contributed by atoms with van der Waals surface area (Å²) in [5.74, 6) is -0.467. The van der Waals surface area contributed by atoms with Crippen LogP contribution in [0.5, 0.6) is 5.75 Å². The Morgan fingerprint density at radius 1 is 1.10 bits per heavy atom. The van der Waals surface area contributed by atoms with Gasteiger partial charge in [0, 0.05) is 17.8 Å². The predicted octanol–water partition coefficient (Wildman–Crippen LogP) is 4.04. The zero-order valence-electron chi connectivity index (χ0n) is 16.4. The van der Waals surface area contributed by atoms with Crippen LogP contribution in [0.2, 0.25) is 0 Å². The molecular formula is C21H21FN4O3S. The molecule has 0 unspecified atom stereocenters. The van der Waals surface area contributed by atoms with Crippen LogP contribution < -0.4 is 15.4 Å². The highest BCUT2D eigenvalue weighted by Gasteiger charge is 2.14. The van der Waals surface area contributed by atoms with E-state index in [1.54, 1.807) is 24.3 Å². The van der Waals surface area contributed by atoms with E-state index in [1.165, 1.54) is 24.3 Å². The molecule has 3 rings (SSSR count). The molecule has 9 heteroatoms. The summed E-state index contributed by atoms with van der Waals surface area (Å²) in [6.45, 7) is 2.78. The van der Waals surface area contributed by atoms with E-state index in [-0.39, 0.29) is 23.3 Å². The van der Waals surface area contributed by atoms with Gasteiger partial charge < -0.3 is 15.4 Å². The van der Waals surface area contributed by atoms with E-state index in [9.17, 15) is 14.0 Å². The predicted molar refractivity (Wildman–Crippen MR) is 112 cm³/mol. The van der Waals surface area contributed by atoms with E-state index < -0.39 is 5.91 Å². The highest BCUT2D eigenvalue weighted by molar-refractivity contribution is 7.13. The molecule has 2 amide bonds. The van der Waals surface area contributed by atoms with Crippen LogP contribution in [0.25, 0.3) is 0 Å². The Labute approximate surface area is 177 Å². The maximum atomic E-state index is 12.9. The third-order valence-electron chi connectivity index (χ3n) is 4.04. The fraction of sp³-hybridized carbons (Fsp3) is 0.238. The van der Waals surface area contributed by atoms with Gasteiger partial charge in [-0.25, -0.2) is 4.39 Å². The van der Waals surface area contributed by atoms with Crippen molar-refractivity contribution in [2.24, 2.45) is 0 Å². The Morgan fingerprint density at radius 3 is 2.67 bits per heavy atom. The highest BCUT2D eigenvalue weighted by atomic mass is 32.1. The number of hydrogen-bond donors (Lipinski definition) is 2. The second kappa shape index (κ2) is 10.4. The third kappa shape index (κ3) is 6.08. The molecule has 0 spiro atoms. The molecule has 0 saturated carbocycles. The van der Waals surface area contributed by atoms with Gasteiger partial charge in [-0.1, -0.05) is 30.7 Å². The molecule has 3 aromatic rings. The quantitative estimate of drug-likeness (QED) is 0.502. The van der Waals surface area contributed by atoms with Crippen molar-refractivity contribution in [1.82, 2.24) is 15.5 Å². The molecule has 2 aromatic carbocycles. The molecule has 0 radical (unpaired) electrons. The average molecular weight is 428 g/mol. The van der Waals surface area contributed by atoms with Gasteiger partial charge in [0.05, 0.1) is 0 Å². The Balaban J connectivity index is 1.56. The molecule has 0 fully saturated rings. The topological polar surface area (TPSA) is 93.2 Å². The van der Waals surface area contributed by atoms with Crippen LogP contribution in [0, 0.1) is 5.82 Å². The van der Waals surface area contributed by atoms with Gasteiger partial charge in [0.2, 0.25) is 5.01 Å². The number of rotatable bonds is 9. The van der Waals surface area contributed by atoms with Gasteiger partial charge in [0.15, 0.2) is 5.01 Å². The van der Waals surface area contributed by atoms with E-state index in [0.717, 1.165) is 24.2 Å². The highest BCUT2D eigenvalue weighted by Crippen LogP contribution is 2.18. The van der Waals surface area contributed by atoms with Gasteiger partial charge >= 0.3 is 0 Å². The maximum absolute atomic E-state index is 12.9. The molecular weight excluding hydrogens is 407 g/mol. The summed E-state index contributed by atoms with van der Waals surface area (Å²) in [7, 11) is 0. The number of carbonyl (C=O) groups is 2. The lowest BCUT2D eigenvalue weighted by Gasteiger charge is -2.07. The van der Waals surface area contributed by atoms with E-state index in [0.29, 0.717) is 28.6 Å². The number of anilines is 1. The summed E-state index contributed by atoms with van der Waals surface area (Å²) in [6.07, 6.45) is 1.90. The summed E-state index contributed by atoms with van der Waals surface area (Å²) in [6, 6.07) is 12.3. The molecule has 1 heterocycles. The molecule has 0 atom stereocenters. The lowest BCUT2D eigenvalue weighted by Crippen LogP contribution is -2.24. The van der Waals surface area contributed by atoms with Crippen molar-refractivity contribution in [2.75, 3.05) is 11.9 Å². The van der Waals surface area contributed by atoms with E-state index in [1.807, 2.05) is 0 Å². The van der Waals surface area contributed by atoms with Gasteiger partial charge in [0.1, 0.15) is 18.2 Å². The molecule has 30 heavy (non-hydrogen) atoms. The first-order valence-electron chi connectivity index (χ1n) is 9.45. The maximum Gasteiger partial charge on any atom is 0.286 e. The van der Waals surface area contributed by atoms with Crippen molar-refractivity contribution >= 4 is 28.8 Å². The number of unbranched alkanes of at least 4 members (excludes halogenated alkanes) is 1. The Morgan fingerprint density at radius 2 is 1.90 bits per heavy atom. The van der Waals surface area contributed by atoms with Crippen LogP contribution in [0.1, 0.15) is 44.9 Å². The molecule has 0 bridgehead atoms. The van der Waals surface area contributed by atoms with Crippen LogP contribution >= 0.6 is 11.3 Å². The summed E-state index contributed by atoms with van der Waals surface area (Å²) in [4.78, 5) is 24.6. The monoisotopic (exact) mass is 428 g/mol. The standard InChI is InChI=1S/C21H21FN4O3S/c1-2-3-11-23-19(27)14-5-4-6-16(12-14)24-20(28)21-26-25-18(30-21)13-29-17-9-7-15(22)8-10-17/h4-10,12H,2-3,11,13H2,1H3,(H,23,27)(H,24,28). The smallest absolute Gasteiger partial charge is 0.286 e. The Hall–Kier alpha value is -3.33. The number of nitrogens with zero attached hydrogens (tertiary/aromatic N) is 2. The summed E-state index contributed by atoms with van der Waals surface area (Å²) < 4.78 is 18.4. The fourth-order valence-electron chi connectivity index (χ4n) is 2.48. The first-order valence-corrected chi connectivity index (χ1v) is 10.3. The Bertz CT molecular complexity index is 1010. The number of halogens is 1. The lowest BCUT2D eigenvalue weighted by molar-refractivity contribution is 0.0951. The molecule has 156 valence electrons. The van der Waals surface area contributed by atoms with E-state index in [2.05, 4.69) is 27.8 Å². The molecule has 0 aliphatic heterocycles. The number of hydrogen-bond acceptors (Lipinski definition) is 6. The lowest BCUT2D eigenvalue weighted by atomic mass is 10.2. The van der Waals surface area contributed by atoms with Gasteiger partial charge in [-0.15, -0.1) is 10.2 Å². The summed E-state index contributed by atoms with van der Waals surface area (Å²) >= 11 is 1.09. The molecule has 2 N–H and O–H groups in total. The Kier molecular flexibility index (Phi) is 7.45. The minimum absolute atomic E-state index is 0.115. The number of nitrogens with one attached hydrogen (secondary N) is 2. The molecule has 7 nitrogen and oxygen atoms in total. The summed E-state index contributed by atoms with van der Waals surface area (Å²) in [5, 5.41) is 14.1. The van der Waals surface area contributed by atoms with Crippen LogP contribution in [0.15, 0.2) is 48.5 Å². The van der Waals surface area contributed by atoms with Crippen molar-refractivity contribution in [3.8, 4) is 5.75 Å². The largest absolute Gasteiger partial charge is 0.486 e. The van der Waals surface area contributed by atoms with Crippen LogP contribution in [0.4, 0.5) is 10.1 Å². The van der Waals surface area contributed by atoms with Crippen LogP contribution in [-0.4, -0.2) is 28.6 Å². The van der Waals surface area contributed by atoms with Crippen molar-refractivity contribution in [2.45, 2.75) is 26.4 Å². The molecule has 0 aliphatic carbocycles. The second-order valence-electron chi connectivity index (χ2n) is 6.39. The first kappa shape index (κ1) is 21.4. The molecule has 0 saturated heterocycles. The summed E-state index contributed by atoms with van der Waals surface area (Å²) in [5.41, 5.74) is 0.956. The van der Waals surface area contributed by atoms with E-state index >= 15 is 0 Å². The third-order valence-corrected chi connectivity index (χ3v) is 4.93. The first-order chi connectivity index (χ1) is 14.5. The number of aromatic nitrogens is 2. The average Bonchev–Trinajstić information content (AvgIpc) is 3.23. The SMILES string of the molecule is CCCCNC(=O)c1cccc(NC(=O)c2nnc(COc3ccc(F)cc3)s2)c1. The van der Waals surface area contributed by atoms with Crippen molar-refractivity contribution in [3.63, 3.8) is 0 Å². The van der Waals surface area contributed by atoms with Crippen molar-refractivity contribution in [1.29, 1.82) is 0 Å². The van der Waals surface area contributed by atoms with Crippen LogP contribution in [0.3, 0.4) is 0 Å². The number of carbonyl (C=O) groups excluding carboxylic acids is 2. The van der Waals surface area contributed by atoms with Gasteiger partial charge in [-0.05, 0) is 48.9 Å². The zero-order valence-corrected chi connectivity index (χ0v) is 17.2. The molecule has 0 aliphatic rings.